The fourth-order valence-corrected chi connectivity index (χ4v) is 1.76. The van der Waals surface area contributed by atoms with Crippen LogP contribution >= 0.6 is 0 Å². The minimum atomic E-state index is 0.0579. The molecule has 1 unspecified atom stereocenters. The van der Waals surface area contributed by atoms with Crippen LogP contribution in [0.2, 0.25) is 0 Å². The van der Waals surface area contributed by atoms with Gasteiger partial charge in [-0.2, -0.15) is 0 Å². The van der Waals surface area contributed by atoms with Crippen LogP contribution in [0.3, 0.4) is 0 Å². The Bertz CT molecular complexity index is 411. The van der Waals surface area contributed by atoms with Crippen molar-refractivity contribution in [2.75, 3.05) is 6.61 Å². The molecule has 2 N–H and O–H groups in total. The van der Waals surface area contributed by atoms with E-state index in [0.29, 0.717) is 6.54 Å². The molecule has 0 aliphatic rings. The lowest BCUT2D eigenvalue weighted by Crippen LogP contribution is -2.33. The normalized spacial score (nSPS) is 12.5. The van der Waals surface area contributed by atoms with Gasteiger partial charge >= 0.3 is 0 Å². The molecule has 0 fully saturated rings. The summed E-state index contributed by atoms with van der Waals surface area (Å²) in [6.45, 7) is 0.765. The minimum absolute atomic E-state index is 0.0579. The molecular formula is C14H17NO2. The molecule has 2 rings (SSSR count). The maximum Gasteiger partial charge on any atom is 0.117 e. The average molecular weight is 231 g/mol. The predicted molar refractivity (Wildman–Crippen MR) is 66.6 cm³/mol. The molecule has 3 heteroatoms. The molecule has 0 spiro atoms. The van der Waals surface area contributed by atoms with Crippen molar-refractivity contribution in [1.29, 1.82) is 0 Å². The maximum absolute atomic E-state index is 9.32. The van der Waals surface area contributed by atoms with Crippen LogP contribution in [-0.2, 0) is 13.0 Å². The van der Waals surface area contributed by atoms with Gasteiger partial charge in [-0.25, -0.2) is 0 Å². The van der Waals surface area contributed by atoms with E-state index in [1.807, 2.05) is 30.3 Å². The Balaban J connectivity index is 1.85. The monoisotopic (exact) mass is 231 g/mol. The molecule has 3 nitrogen and oxygen atoms in total. The van der Waals surface area contributed by atoms with Crippen molar-refractivity contribution < 1.29 is 9.52 Å². The zero-order valence-corrected chi connectivity index (χ0v) is 9.67. The molecule has 1 aromatic heterocycles. The second kappa shape index (κ2) is 6.23. The van der Waals surface area contributed by atoms with Gasteiger partial charge in [0.2, 0.25) is 0 Å². The van der Waals surface area contributed by atoms with E-state index in [1.165, 1.54) is 5.56 Å². The number of hydrogen-bond acceptors (Lipinski definition) is 3. The number of benzene rings is 1. The molecule has 0 saturated heterocycles. The number of aliphatic hydroxyl groups is 1. The van der Waals surface area contributed by atoms with Crippen LogP contribution in [-0.4, -0.2) is 17.8 Å². The summed E-state index contributed by atoms with van der Waals surface area (Å²) in [5.41, 5.74) is 1.22. The highest BCUT2D eigenvalue weighted by Crippen LogP contribution is 2.05. The number of furan rings is 1. The molecule has 0 amide bonds. The van der Waals surface area contributed by atoms with Gasteiger partial charge in [-0.15, -0.1) is 0 Å². The third-order valence-electron chi connectivity index (χ3n) is 2.69. The first kappa shape index (κ1) is 11.9. The lowest BCUT2D eigenvalue weighted by molar-refractivity contribution is 0.238. The van der Waals surface area contributed by atoms with Gasteiger partial charge in [-0.05, 0) is 24.1 Å². The van der Waals surface area contributed by atoms with E-state index in [4.69, 9.17) is 4.42 Å². The third-order valence-corrected chi connectivity index (χ3v) is 2.69. The summed E-state index contributed by atoms with van der Waals surface area (Å²) in [5.74, 6) is 0.886. The fraction of sp³-hybridized carbons (Fsp3) is 0.286. The molecule has 1 aromatic carbocycles. The van der Waals surface area contributed by atoms with Crippen molar-refractivity contribution in [1.82, 2.24) is 5.32 Å². The molecule has 0 bridgehead atoms. The molecular weight excluding hydrogens is 214 g/mol. The standard InChI is InChI=1S/C14H17NO2/c16-11-13(9-12-5-2-1-3-6-12)15-10-14-7-4-8-17-14/h1-8,13,15-16H,9-11H2. The van der Waals surface area contributed by atoms with Gasteiger partial charge in [0.15, 0.2) is 0 Å². The van der Waals surface area contributed by atoms with E-state index < -0.39 is 0 Å². The van der Waals surface area contributed by atoms with Gasteiger partial charge < -0.3 is 14.8 Å². The smallest absolute Gasteiger partial charge is 0.117 e. The van der Waals surface area contributed by atoms with Crippen LogP contribution < -0.4 is 5.32 Å². The summed E-state index contributed by atoms with van der Waals surface area (Å²) in [6.07, 6.45) is 2.47. The first-order valence-corrected chi connectivity index (χ1v) is 5.79. The average Bonchev–Trinajstić information content (AvgIpc) is 2.89. The fourth-order valence-electron chi connectivity index (χ4n) is 1.76. The Morgan fingerprint density at radius 1 is 1.12 bits per heavy atom. The van der Waals surface area contributed by atoms with E-state index in [1.54, 1.807) is 6.26 Å². The summed E-state index contributed by atoms with van der Waals surface area (Å²) in [4.78, 5) is 0. The van der Waals surface area contributed by atoms with Gasteiger partial charge in [0, 0.05) is 6.04 Å². The van der Waals surface area contributed by atoms with Crippen molar-refractivity contribution in [3.8, 4) is 0 Å². The Morgan fingerprint density at radius 3 is 2.59 bits per heavy atom. The number of rotatable bonds is 6. The molecule has 0 aliphatic heterocycles. The molecule has 0 radical (unpaired) electrons. The topological polar surface area (TPSA) is 45.4 Å². The molecule has 1 atom stereocenters. The van der Waals surface area contributed by atoms with Crippen molar-refractivity contribution in [2.24, 2.45) is 0 Å². The quantitative estimate of drug-likeness (QED) is 0.799. The summed E-state index contributed by atoms with van der Waals surface area (Å²) < 4.78 is 5.23. The molecule has 1 heterocycles. The van der Waals surface area contributed by atoms with Gasteiger partial charge in [0.25, 0.3) is 0 Å². The Labute approximate surface area is 101 Å². The second-order valence-corrected chi connectivity index (χ2v) is 4.03. The third kappa shape index (κ3) is 3.73. The Hall–Kier alpha value is -1.58. The van der Waals surface area contributed by atoms with Crippen LogP contribution in [0.15, 0.2) is 53.1 Å². The summed E-state index contributed by atoms with van der Waals surface area (Å²) >= 11 is 0. The van der Waals surface area contributed by atoms with Crippen molar-refractivity contribution >= 4 is 0 Å². The first-order chi connectivity index (χ1) is 8.38. The van der Waals surface area contributed by atoms with Crippen molar-refractivity contribution in [2.45, 2.75) is 19.0 Å². The number of nitrogens with one attached hydrogen (secondary N) is 1. The minimum Gasteiger partial charge on any atom is -0.468 e. The van der Waals surface area contributed by atoms with Crippen LogP contribution in [0.5, 0.6) is 0 Å². The van der Waals surface area contributed by atoms with E-state index in [-0.39, 0.29) is 12.6 Å². The maximum atomic E-state index is 9.32. The van der Waals surface area contributed by atoms with Gasteiger partial charge in [0.1, 0.15) is 5.76 Å². The van der Waals surface area contributed by atoms with Crippen LogP contribution in [0.25, 0.3) is 0 Å². The SMILES string of the molecule is OCC(Cc1ccccc1)NCc1ccco1. The molecule has 0 aliphatic carbocycles. The van der Waals surface area contributed by atoms with Crippen LogP contribution in [0.1, 0.15) is 11.3 Å². The highest BCUT2D eigenvalue weighted by atomic mass is 16.3. The summed E-state index contributed by atoms with van der Waals surface area (Å²) in [5, 5.41) is 12.6. The largest absolute Gasteiger partial charge is 0.468 e. The van der Waals surface area contributed by atoms with Crippen LogP contribution in [0, 0.1) is 0 Å². The molecule has 2 aromatic rings. The summed E-state index contributed by atoms with van der Waals surface area (Å²) in [6, 6.07) is 14.0. The second-order valence-electron chi connectivity index (χ2n) is 4.03. The van der Waals surface area contributed by atoms with Gasteiger partial charge in [0.05, 0.1) is 19.4 Å². The van der Waals surface area contributed by atoms with E-state index in [9.17, 15) is 5.11 Å². The van der Waals surface area contributed by atoms with Gasteiger partial charge in [-0.1, -0.05) is 30.3 Å². The summed E-state index contributed by atoms with van der Waals surface area (Å²) in [7, 11) is 0. The van der Waals surface area contributed by atoms with Gasteiger partial charge in [-0.3, -0.25) is 0 Å². The van der Waals surface area contributed by atoms with E-state index in [0.717, 1.165) is 12.2 Å². The number of hydrogen-bond donors (Lipinski definition) is 2. The zero-order valence-electron chi connectivity index (χ0n) is 9.67. The lowest BCUT2D eigenvalue weighted by atomic mass is 10.1. The predicted octanol–water partition coefficient (Wildman–Crippen LogP) is 1.97. The number of aliphatic hydroxyl groups excluding tert-OH is 1. The van der Waals surface area contributed by atoms with Crippen LogP contribution in [0.4, 0.5) is 0 Å². The Morgan fingerprint density at radius 2 is 1.94 bits per heavy atom. The lowest BCUT2D eigenvalue weighted by Gasteiger charge is -2.15. The molecule has 90 valence electrons. The zero-order chi connectivity index (χ0) is 11.9. The first-order valence-electron chi connectivity index (χ1n) is 5.79. The van der Waals surface area contributed by atoms with Crippen molar-refractivity contribution in [3.63, 3.8) is 0 Å². The van der Waals surface area contributed by atoms with E-state index >= 15 is 0 Å². The highest BCUT2D eigenvalue weighted by Gasteiger charge is 2.08. The Kier molecular flexibility index (Phi) is 4.36. The molecule has 17 heavy (non-hydrogen) atoms. The van der Waals surface area contributed by atoms with E-state index in [2.05, 4.69) is 17.4 Å². The molecule has 0 saturated carbocycles. The highest BCUT2D eigenvalue weighted by molar-refractivity contribution is 5.16. The van der Waals surface area contributed by atoms with Crippen molar-refractivity contribution in [3.05, 3.63) is 60.1 Å².